The largest absolute Gasteiger partial charge is 0.481 e. The number of aliphatic carboxylic acids is 1. The highest BCUT2D eigenvalue weighted by Gasteiger charge is 2.52. The van der Waals surface area contributed by atoms with Crippen LogP contribution in [-0.2, 0) is 11.3 Å². The van der Waals surface area contributed by atoms with Crippen molar-refractivity contribution < 1.29 is 27.5 Å². The summed E-state index contributed by atoms with van der Waals surface area (Å²) in [7, 11) is 0. The van der Waals surface area contributed by atoms with Crippen molar-refractivity contribution in [2.45, 2.75) is 12.7 Å². The number of hydrogen-bond donors (Lipinski definition) is 1. The number of furan rings is 1. The van der Waals surface area contributed by atoms with Gasteiger partial charge in [-0.25, -0.2) is 4.98 Å². The predicted octanol–water partition coefficient (Wildman–Crippen LogP) is 3.10. The van der Waals surface area contributed by atoms with E-state index >= 15 is 0 Å². The lowest BCUT2D eigenvalue weighted by Crippen LogP contribution is -2.33. The molecular weight excluding hydrogens is 333 g/mol. The monoisotopic (exact) mass is 346 g/mol. The third-order valence-corrected chi connectivity index (χ3v) is 4.78. The molecule has 2 atom stereocenters. The van der Waals surface area contributed by atoms with Crippen LogP contribution in [0.25, 0.3) is 10.6 Å². The minimum Gasteiger partial charge on any atom is -0.481 e. The Morgan fingerprint density at radius 1 is 1.48 bits per heavy atom. The molecule has 1 fully saturated rings. The molecule has 3 heterocycles. The molecule has 0 amide bonds. The summed E-state index contributed by atoms with van der Waals surface area (Å²) in [6, 6.07) is 1.75. The van der Waals surface area contributed by atoms with Gasteiger partial charge in [0.05, 0.1) is 23.8 Å². The first-order chi connectivity index (χ1) is 10.8. The first kappa shape index (κ1) is 16.0. The Labute approximate surface area is 133 Å². The van der Waals surface area contributed by atoms with Crippen LogP contribution in [0.15, 0.2) is 28.4 Å². The minimum absolute atomic E-state index is 0.127. The number of carboxylic acid groups (broad SMARTS) is 1. The van der Waals surface area contributed by atoms with Gasteiger partial charge in [-0.2, -0.15) is 13.2 Å². The number of hydrogen-bond acceptors (Lipinski definition) is 5. The summed E-state index contributed by atoms with van der Waals surface area (Å²) in [4.78, 5) is 16.9. The Kier molecular flexibility index (Phi) is 4.15. The normalized spacial score (nSPS) is 22.6. The van der Waals surface area contributed by atoms with Gasteiger partial charge < -0.3 is 9.52 Å². The van der Waals surface area contributed by atoms with E-state index in [1.54, 1.807) is 17.7 Å². The fraction of sp³-hybridized carbons (Fsp3) is 0.429. The van der Waals surface area contributed by atoms with E-state index in [2.05, 4.69) is 4.98 Å². The van der Waals surface area contributed by atoms with Crippen molar-refractivity contribution in [2.24, 2.45) is 11.8 Å². The Balaban J connectivity index is 1.70. The van der Waals surface area contributed by atoms with Gasteiger partial charge in [0.25, 0.3) is 0 Å². The molecule has 0 radical (unpaired) electrons. The van der Waals surface area contributed by atoms with Crippen molar-refractivity contribution in [3.8, 4) is 10.6 Å². The van der Waals surface area contributed by atoms with Gasteiger partial charge in [-0.05, 0) is 6.07 Å². The van der Waals surface area contributed by atoms with E-state index in [-0.39, 0.29) is 19.6 Å². The number of carboxylic acids is 1. The molecule has 0 saturated carbocycles. The summed E-state index contributed by atoms with van der Waals surface area (Å²) < 4.78 is 43.8. The molecule has 124 valence electrons. The zero-order valence-electron chi connectivity index (χ0n) is 11.8. The van der Waals surface area contributed by atoms with Crippen molar-refractivity contribution in [1.82, 2.24) is 9.88 Å². The van der Waals surface area contributed by atoms with Gasteiger partial charge in [-0.3, -0.25) is 9.69 Å². The molecule has 2 aromatic rings. The number of aromatic nitrogens is 1. The van der Waals surface area contributed by atoms with Crippen LogP contribution < -0.4 is 0 Å². The van der Waals surface area contributed by atoms with E-state index in [1.807, 2.05) is 0 Å². The van der Waals surface area contributed by atoms with E-state index in [4.69, 9.17) is 9.52 Å². The number of thiazole rings is 1. The molecule has 9 heteroatoms. The van der Waals surface area contributed by atoms with Crippen LogP contribution in [-0.4, -0.2) is 40.2 Å². The summed E-state index contributed by atoms with van der Waals surface area (Å²) in [6.07, 6.45) is -1.46. The molecule has 1 N–H and O–H groups in total. The van der Waals surface area contributed by atoms with Crippen LogP contribution in [0, 0.1) is 11.8 Å². The van der Waals surface area contributed by atoms with Crippen molar-refractivity contribution in [2.75, 3.05) is 13.1 Å². The van der Waals surface area contributed by atoms with Crippen LogP contribution in [0.2, 0.25) is 0 Å². The van der Waals surface area contributed by atoms with E-state index in [0.717, 1.165) is 10.6 Å². The lowest BCUT2D eigenvalue weighted by molar-refractivity contribution is -0.188. The number of carbonyl (C=O) groups is 1. The van der Waals surface area contributed by atoms with E-state index < -0.39 is 24.0 Å². The van der Waals surface area contributed by atoms with E-state index in [0.29, 0.717) is 5.69 Å². The highest BCUT2D eigenvalue weighted by Crippen LogP contribution is 2.38. The maximum Gasteiger partial charge on any atom is 0.393 e. The van der Waals surface area contributed by atoms with Crippen molar-refractivity contribution in [3.63, 3.8) is 0 Å². The van der Waals surface area contributed by atoms with Crippen LogP contribution in [0.3, 0.4) is 0 Å². The van der Waals surface area contributed by atoms with E-state index in [9.17, 15) is 18.0 Å². The number of halogens is 3. The van der Waals surface area contributed by atoms with Gasteiger partial charge in [-0.15, -0.1) is 11.3 Å². The molecule has 1 saturated heterocycles. The van der Waals surface area contributed by atoms with Gasteiger partial charge in [0.2, 0.25) is 0 Å². The third-order valence-electron chi connectivity index (χ3n) is 3.84. The fourth-order valence-corrected chi connectivity index (χ4v) is 3.52. The highest BCUT2D eigenvalue weighted by molar-refractivity contribution is 7.13. The summed E-state index contributed by atoms with van der Waals surface area (Å²) in [5.74, 6) is -4.68. The van der Waals surface area contributed by atoms with Gasteiger partial charge >= 0.3 is 12.1 Å². The van der Waals surface area contributed by atoms with E-state index in [1.165, 1.54) is 22.5 Å². The first-order valence-electron chi connectivity index (χ1n) is 6.83. The third kappa shape index (κ3) is 3.40. The summed E-state index contributed by atoms with van der Waals surface area (Å²) in [5, 5.41) is 11.5. The topological polar surface area (TPSA) is 66.6 Å². The molecule has 0 unspecified atom stereocenters. The van der Waals surface area contributed by atoms with Crippen LogP contribution in [0.5, 0.6) is 0 Å². The molecule has 2 aromatic heterocycles. The average Bonchev–Trinajstić information content (AvgIpc) is 3.17. The second kappa shape index (κ2) is 5.97. The zero-order valence-corrected chi connectivity index (χ0v) is 12.6. The molecule has 0 spiro atoms. The summed E-state index contributed by atoms with van der Waals surface area (Å²) >= 11 is 1.37. The van der Waals surface area contributed by atoms with Crippen LogP contribution in [0.4, 0.5) is 13.2 Å². The number of nitrogens with zero attached hydrogens (tertiary/aromatic N) is 2. The Hall–Kier alpha value is -1.87. The number of alkyl halides is 3. The van der Waals surface area contributed by atoms with Gasteiger partial charge in [-0.1, -0.05) is 0 Å². The Morgan fingerprint density at radius 2 is 2.26 bits per heavy atom. The molecule has 3 rings (SSSR count). The molecule has 1 aliphatic rings. The fourth-order valence-electron chi connectivity index (χ4n) is 2.72. The number of rotatable bonds is 4. The Morgan fingerprint density at radius 3 is 2.83 bits per heavy atom. The van der Waals surface area contributed by atoms with Gasteiger partial charge in [0.15, 0.2) is 0 Å². The first-order valence-corrected chi connectivity index (χ1v) is 7.71. The van der Waals surface area contributed by atoms with Crippen molar-refractivity contribution >= 4 is 17.3 Å². The van der Waals surface area contributed by atoms with Crippen molar-refractivity contribution in [1.29, 1.82) is 0 Å². The van der Waals surface area contributed by atoms with Crippen LogP contribution in [0.1, 0.15) is 5.69 Å². The lowest BCUT2D eigenvalue weighted by Gasteiger charge is -2.18. The Bertz CT molecular complexity index is 684. The maximum absolute atomic E-state index is 13.0. The quantitative estimate of drug-likeness (QED) is 0.921. The molecule has 1 aliphatic heterocycles. The molecule has 0 bridgehead atoms. The predicted molar refractivity (Wildman–Crippen MR) is 75.8 cm³/mol. The molecular formula is C14H13F3N2O3S. The van der Waals surface area contributed by atoms with Crippen molar-refractivity contribution in [3.05, 3.63) is 29.7 Å². The maximum atomic E-state index is 13.0. The SMILES string of the molecule is O=C(O)[C@@H]1CN(Cc2csc(-c3ccoc3)n2)C[C@H]1C(F)(F)F. The zero-order chi connectivity index (χ0) is 16.6. The standard InChI is InChI=1S/C14H13F3N2O3S/c15-14(16,17)11-5-19(4-10(11)13(20)21)3-9-7-23-12(18-9)8-1-2-22-6-8/h1-2,6-7,10-11H,3-5H2,(H,20,21)/t10-,11-/m1/s1. The second-order valence-corrected chi connectivity index (χ2v) is 6.30. The lowest BCUT2D eigenvalue weighted by atomic mass is 9.96. The molecule has 0 aromatic carbocycles. The summed E-state index contributed by atoms with van der Waals surface area (Å²) in [5.41, 5.74) is 1.43. The van der Waals surface area contributed by atoms with Gasteiger partial charge in [0, 0.05) is 30.6 Å². The molecule has 0 aliphatic carbocycles. The minimum atomic E-state index is -4.51. The highest BCUT2D eigenvalue weighted by atomic mass is 32.1. The molecule has 23 heavy (non-hydrogen) atoms. The summed E-state index contributed by atoms with van der Waals surface area (Å²) in [6.45, 7) is -0.248. The number of likely N-dealkylation sites (tertiary alicyclic amines) is 1. The molecule has 5 nitrogen and oxygen atoms in total. The van der Waals surface area contributed by atoms with Crippen LogP contribution >= 0.6 is 11.3 Å². The second-order valence-electron chi connectivity index (χ2n) is 5.44. The average molecular weight is 346 g/mol. The van der Waals surface area contributed by atoms with Gasteiger partial charge in [0.1, 0.15) is 11.3 Å². The smallest absolute Gasteiger partial charge is 0.393 e.